The van der Waals surface area contributed by atoms with Crippen molar-refractivity contribution >= 4 is 40.5 Å². The Morgan fingerprint density at radius 1 is 1.14 bits per heavy atom. The van der Waals surface area contributed by atoms with E-state index in [4.69, 9.17) is 0 Å². The number of nitrogens with one attached hydrogen (secondary N) is 1. The van der Waals surface area contributed by atoms with Crippen LogP contribution in [-0.4, -0.2) is 21.9 Å². The molecule has 0 aliphatic heterocycles. The van der Waals surface area contributed by atoms with Crippen molar-refractivity contribution < 1.29 is 14.0 Å². The Morgan fingerprint density at radius 3 is 2.46 bits per heavy atom. The van der Waals surface area contributed by atoms with Crippen molar-refractivity contribution in [1.29, 1.82) is 0 Å². The van der Waals surface area contributed by atoms with E-state index in [1.807, 2.05) is 12.3 Å². The highest BCUT2D eigenvalue weighted by Gasteiger charge is 2.15. The molecule has 0 aliphatic carbocycles. The zero-order chi connectivity index (χ0) is 20.1. The van der Waals surface area contributed by atoms with Crippen molar-refractivity contribution in [3.8, 4) is 10.6 Å². The third-order valence-corrected chi connectivity index (χ3v) is 6.17. The normalized spacial score (nSPS) is 11.8. The number of hydrogen-bond donors (Lipinski definition) is 1. The molecule has 0 saturated heterocycles. The van der Waals surface area contributed by atoms with Gasteiger partial charge in [0.1, 0.15) is 10.8 Å². The molecule has 1 atom stereocenters. The van der Waals surface area contributed by atoms with Gasteiger partial charge in [-0.2, -0.15) is 0 Å². The first-order valence-corrected chi connectivity index (χ1v) is 10.6. The molecule has 0 spiro atoms. The molecule has 7 heteroatoms. The number of carbonyl (C=O) groups is 2. The minimum absolute atomic E-state index is 0.00919. The number of halogens is 1. The van der Waals surface area contributed by atoms with Crippen molar-refractivity contribution in [2.75, 3.05) is 5.32 Å². The number of amides is 1. The number of aromatic nitrogens is 1. The number of carbonyl (C=O) groups excluding carboxylic acids is 2. The molecular formula is C21H19FN2O2S2. The Labute approximate surface area is 171 Å². The number of Topliss-reactive ketones (excluding diaryl/α,β-unsaturated/α-hetero) is 1. The van der Waals surface area contributed by atoms with E-state index in [1.54, 1.807) is 36.4 Å². The maximum atomic E-state index is 13.0. The number of nitrogens with zero attached hydrogens (tertiary/aromatic N) is 1. The first-order chi connectivity index (χ1) is 13.4. The first kappa shape index (κ1) is 20.2. The average molecular weight is 415 g/mol. The topological polar surface area (TPSA) is 59.1 Å². The third-order valence-electron chi connectivity index (χ3n) is 4.05. The standard InChI is InChI=1S/C21H19FN2O2S2/c1-13(25)15-5-9-18(10-6-15)23-20(26)14(2)27-11-19-12-28-21(24-19)16-3-7-17(22)8-4-16/h3-10,12,14H,11H2,1-2H3,(H,23,26)/t14-/m0/s1. The van der Waals surface area contributed by atoms with Crippen LogP contribution >= 0.6 is 23.1 Å². The lowest BCUT2D eigenvalue weighted by atomic mass is 10.1. The predicted octanol–water partition coefficient (Wildman–Crippen LogP) is 5.41. The number of thioether (sulfide) groups is 1. The van der Waals surface area contributed by atoms with Crippen LogP contribution < -0.4 is 5.32 Å². The Balaban J connectivity index is 1.53. The summed E-state index contributed by atoms with van der Waals surface area (Å²) in [5, 5.41) is 5.38. The Hall–Kier alpha value is -2.51. The fourth-order valence-corrected chi connectivity index (χ4v) is 4.13. The van der Waals surface area contributed by atoms with Gasteiger partial charge in [0.15, 0.2) is 5.78 Å². The molecule has 0 aliphatic rings. The van der Waals surface area contributed by atoms with Gasteiger partial charge in [-0.15, -0.1) is 23.1 Å². The van der Waals surface area contributed by atoms with Gasteiger partial charge in [0.25, 0.3) is 0 Å². The second-order valence-corrected chi connectivity index (χ2v) is 8.41. The second kappa shape index (κ2) is 9.12. The number of thiazole rings is 1. The number of rotatable bonds is 7. The van der Waals surface area contributed by atoms with Crippen LogP contribution in [0.15, 0.2) is 53.9 Å². The number of ketones is 1. The van der Waals surface area contributed by atoms with Crippen LogP contribution in [0, 0.1) is 5.82 Å². The molecule has 28 heavy (non-hydrogen) atoms. The second-order valence-electron chi connectivity index (χ2n) is 6.23. The summed E-state index contributed by atoms with van der Waals surface area (Å²) in [6, 6.07) is 13.1. The summed E-state index contributed by atoms with van der Waals surface area (Å²) in [6.07, 6.45) is 0. The summed E-state index contributed by atoms with van der Waals surface area (Å²) in [5.41, 5.74) is 3.04. The zero-order valence-corrected chi connectivity index (χ0v) is 17.1. The minimum atomic E-state index is -0.271. The van der Waals surface area contributed by atoms with E-state index in [2.05, 4.69) is 10.3 Å². The fraction of sp³-hybridized carbons (Fsp3) is 0.190. The molecule has 0 saturated carbocycles. The molecule has 2 aromatic carbocycles. The first-order valence-electron chi connectivity index (χ1n) is 8.66. The Bertz CT molecular complexity index is 969. The number of benzene rings is 2. The summed E-state index contributed by atoms with van der Waals surface area (Å²) in [4.78, 5) is 28.2. The lowest BCUT2D eigenvalue weighted by molar-refractivity contribution is -0.115. The molecular weight excluding hydrogens is 395 g/mol. The van der Waals surface area contributed by atoms with Gasteiger partial charge in [-0.3, -0.25) is 9.59 Å². The van der Waals surface area contributed by atoms with Gasteiger partial charge in [0.05, 0.1) is 10.9 Å². The van der Waals surface area contributed by atoms with Crippen molar-refractivity contribution in [2.45, 2.75) is 24.9 Å². The van der Waals surface area contributed by atoms with E-state index in [0.29, 0.717) is 17.0 Å². The number of anilines is 1. The van der Waals surface area contributed by atoms with Gasteiger partial charge in [0.2, 0.25) is 5.91 Å². The molecule has 4 nitrogen and oxygen atoms in total. The molecule has 1 N–H and O–H groups in total. The van der Waals surface area contributed by atoms with Crippen LogP contribution in [0.3, 0.4) is 0 Å². The molecule has 1 amide bonds. The molecule has 1 heterocycles. The van der Waals surface area contributed by atoms with E-state index < -0.39 is 0 Å². The summed E-state index contributed by atoms with van der Waals surface area (Å²) >= 11 is 2.99. The molecule has 3 rings (SSSR count). The lowest BCUT2D eigenvalue weighted by Crippen LogP contribution is -2.22. The van der Waals surface area contributed by atoms with Crippen LogP contribution in [0.5, 0.6) is 0 Å². The van der Waals surface area contributed by atoms with E-state index in [1.165, 1.54) is 42.2 Å². The van der Waals surface area contributed by atoms with Crippen LogP contribution in [0.2, 0.25) is 0 Å². The van der Waals surface area contributed by atoms with Crippen molar-refractivity contribution in [2.24, 2.45) is 0 Å². The molecule has 0 unspecified atom stereocenters. The molecule has 144 valence electrons. The van der Waals surface area contributed by atoms with Gasteiger partial charge in [-0.05, 0) is 62.4 Å². The fourth-order valence-electron chi connectivity index (χ4n) is 2.42. The van der Waals surface area contributed by atoms with E-state index in [9.17, 15) is 14.0 Å². The Morgan fingerprint density at radius 2 is 1.82 bits per heavy atom. The summed E-state index contributed by atoms with van der Waals surface area (Å²) < 4.78 is 13.0. The van der Waals surface area contributed by atoms with E-state index in [-0.39, 0.29) is 22.8 Å². The van der Waals surface area contributed by atoms with Crippen molar-refractivity contribution in [3.63, 3.8) is 0 Å². The summed E-state index contributed by atoms with van der Waals surface area (Å²) in [6.45, 7) is 3.35. The maximum Gasteiger partial charge on any atom is 0.237 e. The summed E-state index contributed by atoms with van der Waals surface area (Å²) in [7, 11) is 0. The van der Waals surface area contributed by atoms with E-state index in [0.717, 1.165) is 16.3 Å². The maximum absolute atomic E-state index is 13.0. The van der Waals surface area contributed by atoms with Gasteiger partial charge < -0.3 is 5.32 Å². The van der Waals surface area contributed by atoms with Gasteiger partial charge >= 0.3 is 0 Å². The van der Waals surface area contributed by atoms with Crippen LogP contribution in [0.25, 0.3) is 10.6 Å². The summed E-state index contributed by atoms with van der Waals surface area (Å²) in [5.74, 6) is 0.224. The highest BCUT2D eigenvalue weighted by Crippen LogP contribution is 2.27. The number of hydrogen-bond acceptors (Lipinski definition) is 5. The highest BCUT2D eigenvalue weighted by molar-refractivity contribution is 7.99. The monoisotopic (exact) mass is 414 g/mol. The average Bonchev–Trinajstić information content (AvgIpc) is 3.16. The molecule has 1 aromatic heterocycles. The lowest BCUT2D eigenvalue weighted by Gasteiger charge is -2.11. The quantitative estimate of drug-likeness (QED) is 0.525. The van der Waals surface area contributed by atoms with Crippen molar-refractivity contribution in [1.82, 2.24) is 4.98 Å². The molecule has 0 bridgehead atoms. The largest absolute Gasteiger partial charge is 0.325 e. The van der Waals surface area contributed by atoms with Crippen molar-refractivity contribution in [3.05, 3.63) is 71.0 Å². The molecule has 0 fully saturated rings. The van der Waals surface area contributed by atoms with Crippen LogP contribution in [0.4, 0.5) is 10.1 Å². The third kappa shape index (κ3) is 5.27. The smallest absolute Gasteiger partial charge is 0.237 e. The highest BCUT2D eigenvalue weighted by atomic mass is 32.2. The zero-order valence-electron chi connectivity index (χ0n) is 15.4. The van der Waals surface area contributed by atoms with E-state index >= 15 is 0 Å². The molecule has 3 aromatic rings. The van der Waals surface area contributed by atoms with Gasteiger partial charge in [0, 0.05) is 27.9 Å². The predicted molar refractivity (Wildman–Crippen MR) is 113 cm³/mol. The minimum Gasteiger partial charge on any atom is -0.325 e. The van der Waals surface area contributed by atoms with Gasteiger partial charge in [-0.25, -0.2) is 9.37 Å². The van der Waals surface area contributed by atoms with Crippen LogP contribution in [0.1, 0.15) is 29.9 Å². The van der Waals surface area contributed by atoms with Gasteiger partial charge in [-0.1, -0.05) is 0 Å². The Kier molecular flexibility index (Phi) is 6.59. The van der Waals surface area contributed by atoms with Crippen LogP contribution in [-0.2, 0) is 10.5 Å². The SMILES string of the molecule is CC(=O)c1ccc(NC(=O)[C@H](C)SCc2csc(-c3ccc(F)cc3)n2)cc1. The molecule has 0 radical (unpaired) electrons.